The van der Waals surface area contributed by atoms with Crippen LogP contribution in [0.15, 0.2) is 48.8 Å². The number of hydrogen-bond acceptors (Lipinski definition) is 3. The van der Waals surface area contributed by atoms with Crippen LogP contribution in [0.2, 0.25) is 0 Å². The fourth-order valence-electron chi connectivity index (χ4n) is 2.72. The van der Waals surface area contributed by atoms with Crippen LogP contribution in [-0.4, -0.2) is 22.3 Å². The Morgan fingerprint density at radius 2 is 2.05 bits per heavy atom. The van der Waals surface area contributed by atoms with E-state index in [1.54, 1.807) is 30.5 Å². The molecule has 2 heterocycles. The predicted molar refractivity (Wildman–Crippen MR) is 78.1 cm³/mol. The molecule has 1 aliphatic rings. The molecule has 2 aromatic rings. The van der Waals surface area contributed by atoms with Gasteiger partial charge in [-0.2, -0.15) is 0 Å². The van der Waals surface area contributed by atoms with Crippen molar-refractivity contribution in [3.63, 3.8) is 0 Å². The predicted octanol–water partition coefficient (Wildman–Crippen LogP) is 2.64. The van der Waals surface area contributed by atoms with E-state index in [1.807, 2.05) is 23.2 Å². The van der Waals surface area contributed by atoms with Crippen LogP contribution in [0.25, 0.3) is 0 Å². The molecule has 1 saturated heterocycles. The number of pyridine rings is 1. The molecule has 1 aliphatic heterocycles. The van der Waals surface area contributed by atoms with Crippen LogP contribution in [0.5, 0.6) is 0 Å². The molecule has 1 amide bonds. The molecule has 0 saturated carbocycles. The quantitative estimate of drug-likeness (QED) is 0.851. The van der Waals surface area contributed by atoms with Crippen molar-refractivity contribution < 1.29 is 4.79 Å². The minimum Gasteiger partial charge on any atom is -0.399 e. The highest BCUT2D eigenvalue weighted by Crippen LogP contribution is 2.32. The molecule has 1 aromatic carbocycles. The van der Waals surface area contributed by atoms with Crippen LogP contribution < -0.4 is 5.73 Å². The fourth-order valence-corrected chi connectivity index (χ4v) is 2.72. The lowest BCUT2D eigenvalue weighted by molar-refractivity contribution is 0.0735. The van der Waals surface area contributed by atoms with E-state index >= 15 is 0 Å². The number of carbonyl (C=O) groups excluding carboxylic acids is 1. The Bertz CT molecular complexity index is 595. The molecule has 3 rings (SSSR count). The summed E-state index contributed by atoms with van der Waals surface area (Å²) in [6.45, 7) is 0.794. The fraction of sp³-hybridized carbons (Fsp3) is 0.250. The van der Waals surface area contributed by atoms with Crippen molar-refractivity contribution in [2.75, 3.05) is 12.3 Å². The summed E-state index contributed by atoms with van der Waals surface area (Å²) in [7, 11) is 0. The number of anilines is 1. The van der Waals surface area contributed by atoms with Gasteiger partial charge in [-0.1, -0.05) is 6.07 Å². The summed E-state index contributed by atoms with van der Waals surface area (Å²) >= 11 is 0. The zero-order chi connectivity index (χ0) is 13.9. The third-order valence-electron chi connectivity index (χ3n) is 3.74. The minimum absolute atomic E-state index is 0.0661. The highest BCUT2D eigenvalue weighted by Gasteiger charge is 2.30. The minimum atomic E-state index is 0.0661. The highest BCUT2D eigenvalue weighted by molar-refractivity contribution is 5.95. The van der Waals surface area contributed by atoms with Gasteiger partial charge >= 0.3 is 0 Å². The molecule has 0 spiro atoms. The Labute approximate surface area is 118 Å². The van der Waals surface area contributed by atoms with Gasteiger partial charge in [0.15, 0.2) is 0 Å². The number of nitrogen functional groups attached to an aromatic ring is 1. The van der Waals surface area contributed by atoms with Crippen molar-refractivity contribution in [3.8, 4) is 0 Å². The third-order valence-corrected chi connectivity index (χ3v) is 3.74. The number of likely N-dealkylation sites (tertiary alicyclic amines) is 1. The summed E-state index contributed by atoms with van der Waals surface area (Å²) < 4.78 is 0. The lowest BCUT2D eigenvalue weighted by Crippen LogP contribution is -2.30. The molecule has 1 fully saturated rings. The second-order valence-electron chi connectivity index (χ2n) is 5.06. The topological polar surface area (TPSA) is 59.2 Å². The Morgan fingerprint density at radius 1 is 1.25 bits per heavy atom. The van der Waals surface area contributed by atoms with Crippen molar-refractivity contribution in [1.82, 2.24) is 9.88 Å². The Hall–Kier alpha value is -2.36. The first-order valence-electron chi connectivity index (χ1n) is 6.82. The van der Waals surface area contributed by atoms with Gasteiger partial charge in [-0.25, -0.2) is 0 Å². The van der Waals surface area contributed by atoms with Crippen LogP contribution in [-0.2, 0) is 0 Å². The maximum Gasteiger partial charge on any atom is 0.254 e. The van der Waals surface area contributed by atoms with Gasteiger partial charge in [0.1, 0.15) is 0 Å². The van der Waals surface area contributed by atoms with Gasteiger partial charge in [0, 0.05) is 30.2 Å². The lowest BCUT2D eigenvalue weighted by Gasteiger charge is -2.25. The SMILES string of the molecule is Nc1ccc(C(=O)N2CCCC2c2cccnc2)cc1. The number of carbonyl (C=O) groups is 1. The standard InChI is InChI=1S/C16H17N3O/c17-14-7-5-12(6-8-14)16(20)19-10-2-4-15(19)13-3-1-9-18-11-13/h1,3,5-9,11,15H,2,4,10,17H2. The van der Waals surface area contributed by atoms with E-state index in [0.717, 1.165) is 24.9 Å². The van der Waals surface area contributed by atoms with E-state index in [4.69, 9.17) is 5.73 Å². The van der Waals surface area contributed by atoms with Crippen molar-refractivity contribution >= 4 is 11.6 Å². The van der Waals surface area contributed by atoms with Crippen molar-refractivity contribution in [1.29, 1.82) is 0 Å². The van der Waals surface area contributed by atoms with Crippen LogP contribution in [0.4, 0.5) is 5.69 Å². The largest absolute Gasteiger partial charge is 0.399 e. The average Bonchev–Trinajstić information content (AvgIpc) is 2.97. The molecule has 0 aliphatic carbocycles. The maximum atomic E-state index is 12.6. The first-order chi connectivity index (χ1) is 9.75. The number of amides is 1. The van der Waals surface area contributed by atoms with Crippen molar-refractivity contribution in [2.24, 2.45) is 0 Å². The Kier molecular flexibility index (Phi) is 3.37. The normalized spacial score (nSPS) is 18.2. The molecule has 4 nitrogen and oxygen atoms in total. The zero-order valence-electron chi connectivity index (χ0n) is 11.2. The number of benzene rings is 1. The Balaban J connectivity index is 1.85. The molecule has 4 heteroatoms. The zero-order valence-corrected chi connectivity index (χ0v) is 11.2. The molecular weight excluding hydrogens is 250 g/mol. The monoisotopic (exact) mass is 267 g/mol. The van der Waals surface area contributed by atoms with Gasteiger partial charge < -0.3 is 10.6 Å². The molecule has 1 unspecified atom stereocenters. The number of rotatable bonds is 2. The smallest absolute Gasteiger partial charge is 0.254 e. The number of aromatic nitrogens is 1. The first-order valence-corrected chi connectivity index (χ1v) is 6.82. The third kappa shape index (κ3) is 2.37. The maximum absolute atomic E-state index is 12.6. The van der Waals surface area contributed by atoms with Gasteiger partial charge in [-0.3, -0.25) is 9.78 Å². The number of hydrogen-bond donors (Lipinski definition) is 1. The summed E-state index contributed by atoms with van der Waals surface area (Å²) in [5.74, 6) is 0.0661. The van der Waals surface area contributed by atoms with Crippen LogP contribution in [0.3, 0.4) is 0 Å². The summed E-state index contributed by atoms with van der Waals surface area (Å²) in [4.78, 5) is 18.7. The van der Waals surface area contributed by atoms with E-state index in [-0.39, 0.29) is 11.9 Å². The summed E-state index contributed by atoms with van der Waals surface area (Å²) in [6, 6.07) is 11.2. The first kappa shape index (κ1) is 12.7. The molecule has 0 bridgehead atoms. The molecular formula is C16H17N3O. The van der Waals surface area contributed by atoms with E-state index in [2.05, 4.69) is 4.98 Å². The van der Waals surface area contributed by atoms with Crippen LogP contribution in [0.1, 0.15) is 34.8 Å². The molecule has 1 aromatic heterocycles. The molecule has 1 atom stereocenters. The van der Waals surface area contributed by atoms with E-state index < -0.39 is 0 Å². The number of nitrogens with zero attached hydrogens (tertiary/aromatic N) is 2. The molecule has 0 radical (unpaired) electrons. The van der Waals surface area contributed by atoms with Gasteiger partial charge in [0.25, 0.3) is 5.91 Å². The Morgan fingerprint density at radius 3 is 2.75 bits per heavy atom. The van der Waals surface area contributed by atoms with Gasteiger partial charge in [0.05, 0.1) is 6.04 Å². The summed E-state index contributed by atoms with van der Waals surface area (Å²) in [6.07, 6.45) is 5.62. The van der Waals surface area contributed by atoms with Gasteiger partial charge in [0.2, 0.25) is 0 Å². The van der Waals surface area contributed by atoms with E-state index in [1.165, 1.54) is 0 Å². The van der Waals surface area contributed by atoms with Crippen LogP contribution in [0, 0.1) is 0 Å². The number of nitrogens with two attached hydrogens (primary N) is 1. The second kappa shape index (κ2) is 5.33. The average molecular weight is 267 g/mol. The van der Waals surface area contributed by atoms with Crippen molar-refractivity contribution in [2.45, 2.75) is 18.9 Å². The molecule has 2 N–H and O–H groups in total. The van der Waals surface area contributed by atoms with E-state index in [0.29, 0.717) is 11.3 Å². The lowest BCUT2D eigenvalue weighted by atomic mass is 10.1. The van der Waals surface area contributed by atoms with Crippen molar-refractivity contribution in [3.05, 3.63) is 59.9 Å². The van der Waals surface area contributed by atoms with Gasteiger partial charge in [-0.05, 0) is 48.7 Å². The summed E-state index contributed by atoms with van der Waals surface area (Å²) in [5, 5.41) is 0. The van der Waals surface area contributed by atoms with Crippen LogP contribution >= 0.6 is 0 Å². The molecule has 20 heavy (non-hydrogen) atoms. The van der Waals surface area contributed by atoms with Gasteiger partial charge in [-0.15, -0.1) is 0 Å². The molecule has 102 valence electrons. The highest BCUT2D eigenvalue weighted by atomic mass is 16.2. The van der Waals surface area contributed by atoms with E-state index in [9.17, 15) is 4.79 Å². The summed E-state index contributed by atoms with van der Waals surface area (Å²) in [5.41, 5.74) is 8.13. The second-order valence-corrected chi connectivity index (χ2v) is 5.06.